The Hall–Kier alpha value is -2.81. The maximum absolute atomic E-state index is 13.8. The van der Waals surface area contributed by atoms with Gasteiger partial charge in [-0.25, -0.2) is 20.2 Å². The fraction of sp³-hybridized carbons (Fsp3) is 0.167. The molecule has 2 rings (SSSR count). The average molecular weight is 293 g/mol. The molecule has 3 N–H and O–H groups in total. The molecule has 0 bridgehead atoms. The lowest BCUT2D eigenvalue weighted by Crippen LogP contribution is -2.12. The molecule has 0 aliphatic carbocycles. The van der Waals surface area contributed by atoms with Gasteiger partial charge in [0.25, 0.3) is 0 Å². The quantitative estimate of drug-likeness (QED) is 0.493. The predicted octanol–water partition coefficient (Wildman–Crippen LogP) is 2.16. The molecule has 0 spiro atoms. The Morgan fingerprint density at radius 2 is 2.24 bits per heavy atom. The molecular weight excluding hydrogens is 281 g/mol. The van der Waals surface area contributed by atoms with Crippen LogP contribution in [0.3, 0.4) is 0 Å². The minimum absolute atomic E-state index is 0.00801. The fourth-order valence-corrected chi connectivity index (χ4v) is 1.77. The number of halogens is 1. The molecule has 0 atom stereocenters. The number of anilines is 1. The molecule has 110 valence electrons. The van der Waals surface area contributed by atoms with E-state index in [9.17, 15) is 14.5 Å². The van der Waals surface area contributed by atoms with Crippen LogP contribution in [0, 0.1) is 15.9 Å². The van der Waals surface area contributed by atoms with Crippen molar-refractivity contribution in [3.63, 3.8) is 0 Å². The first-order chi connectivity index (χ1) is 10.1. The summed E-state index contributed by atoms with van der Waals surface area (Å²) < 4.78 is 19.1. The Bertz CT molecular complexity index is 680. The van der Waals surface area contributed by atoms with Crippen molar-refractivity contribution in [2.75, 3.05) is 5.43 Å². The number of nitro groups is 1. The number of hydrazine groups is 1. The van der Waals surface area contributed by atoms with Crippen LogP contribution in [0.25, 0.3) is 0 Å². The first kappa shape index (κ1) is 14.6. The third-order valence-electron chi connectivity index (χ3n) is 2.74. The number of rotatable bonds is 5. The summed E-state index contributed by atoms with van der Waals surface area (Å²) in [7, 11) is 0. The summed E-state index contributed by atoms with van der Waals surface area (Å²) in [6, 6.07) is 3.44. The van der Waals surface area contributed by atoms with Gasteiger partial charge in [0.1, 0.15) is 12.1 Å². The van der Waals surface area contributed by atoms with Crippen molar-refractivity contribution in [3.8, 4) is 11.6 Å². The molecule has 0 radical (unpaired) electrons. The number of ether oxygens (including phenoxy) is 1. The Balaban J connectivity index is 2.51. The number of hydrogen-bond donors (Lipinski definition) is 2. The zero-order valence-corrected chi connectivity index (χ0v) is 11.0. The van der Waals surface area contributed by atoms with Crippen LogP contribution >= 0.6 is 0 Å². The van der Waals surface area contributed by atoms with Gasteiger partial charge in [0.05, 0.1) is 10.5 Å². The van der Waals surface area contributed by atoms with Crippen molar-refractivity contribution in [1.82, 2.24) is 9.97 Å². The third-order valence-corrected chi connectivity index (χ3v) is 2.74. The SMILES string of the molecule is CCc1c(NN)ncnc1Oc1c(F)cccc1[N+](=O)[O-]. The minimum atomic E-state index is -0.855. The summed E-state index contributed by atoms with van der Waals surface area (Å²) in [6.07, 6.45) is 1.61. The van der Waals surface area contributed by atoms with E-state index in [2.05, 4.69) is 15.4 Å². The molecule has 1 aromatic heterocycles. The molecule has 21 heavy (non-hydrogen) atoms. The molecule has 0 amide bonds. The molecule has 8 nitrogen and oxygen atoms in total. The van der Waals surface area contributed by atoms with Gasteiger partial charge in [-0.3, -0.25) is 10.1 Å². The molecule has 0 fully saturated rings. The number of nitrogen functional groups attached to an aromatic ring is 1. The number of nitrogens with two attached hydrogens (primary N) is 1. The molecule has 0 unspecified atom stereocenters. The molecule has 0 saturated carbocycles. The zero-order valence-electron chi connectivity index (χ0n) is 11.0. The second-order valence-corrected chi connectivity index (χ2v) is 3.95. The summed E-state index contributed by atoms with van der Waals surface area (Å²) in [5.41, 5.74) is 2.36. The van der Waals surface area contributed by atoms with E-state index in [1.54, 1.807) is 6.92 Å². The van der Waals surface area contributed by atoms with Gasteiger partial charge in [-0.05, 0) is 12.5 Å². The lowest BCUT2D eigenvalue weighted by Gasteiger charge is -2.12. The summed E-state index contributed by atoms with van der Waals surface area (Å²) in [6.45, 7) is 1.79. The lowest BCUT2D eigenvalue weighted by atomic mass is 10.2. The third kappa shape index (κ3) is 2.87. The number of nitro benzene ring substituents is 1. The van der Waals surface area contributed by atoms with Gasteiger partial charge in [0.2, 0.25) is 11.6 Å². The monoisotopic (exact) mass is 293 g/mol. The van der Waals surface area contributed by atoms with Crippen LogP contribution in [0.4, 0.5) is 15.9 Å². The lowest BCUT2D eigenvalue weighted by molar-refractivity contribution is -0.385. The first-order valence-electron chi connectivity index (χ1n) is 5.99. The van der Waals surface area contributed by atoms with E-state index < -0.39 is 22.2 Å². The fourth-order valence-electron chi connectivity index (χ4n) is 1.77. The van der Waals surface area contributed by atoms with Crippen LogP contribution in [0.2, 0.25) is 0 Å². The number of hydrogen-bond acceptors (Lipinski definition) is 7. The summed E-state index contributed by atoms with van der Waals surface area (Å²) in [5.74, 6) is 4.28. The maximum atomic E-state index is 13.8. The summed E-state index contributed by atoms with van der Waals surface area (Å²) in [5, 5.41) is 10.9. The van der Waals surface area contributed by atoms with Gasteiger partial charge < -0.3 is 10.2 Å². The largest absolute Gasteiger partial charge is 0.428 e. The Labute approximate surface area is 118 Å². The highest BCUT2D eigenvalue weighted by atomic mass is 19.1. The summed E-state index contributed by atoms with van der Waals surface area (Å²) in [4.78, 5) is 18.0. The Morgan fingerprint density at radius 1 is 1.48 bits per heavy atom. The van der Waals surface area contributed by atoms with Gasteiger partial charge in [-0.1, -0.05) is 13.0 Å². The first-order valence-corrected chi connectivity index (χ1v) is 5.99. The summed E-state index contributed by atoms with van der Waals surface area (Å²) >= 11 is 0. The highest BCUT2D eigenvalue weighted by Crippen LogP contribution is 2.35. The molecular formula is C12H12FN5O3. The molecule has 0 saturated heterocycles. The van der Waals surface area contributed by atoms with Gasteiger partial charge in [-0.15, -0.1) is 0 Å². The van der Waals surface area contributed by atoms with E-state index in [0.29, 0.717) is 17.8 Å². The molecule has 1 heterocycles. The van der Waals surface area contributed by atoms with Crippen LogP contribution in [-0.4, -0.2) is 14.9 Å². The molecule has 1 aromatic carbocycles. The van der Waals surface area contributed by atoms with E-state index in [1.807, 2.05) is 0 Å². The van der Waals surface area contributed by atoms with E-state index >= 15 is 0 Å². The normalized spacial score (nSPS) is 10.2. The van der Waals surface area contributed by atoms with Gasteiger partial charge in [-0.2, -0.15) is 0 Å². The van der Waals surface area contributed by atoms with Crippen LogP contribution in [0.1, 0.15) is 12.5 Å². The number of aromatic nitrogens is 2. The molecule has 0 aliphatic heterocycles. The van der Waals surface area contributed by atoms with E-state index in [-0.39, 0.29) is 5.88 Å². The Kier molecular flexibility index (Phi) is 4.24. The number of nitrogens with zero attached hydrogens (tertiary/aromatic N) is 3. The van der Waals surface area contributed by atoms with Crippen LogP contribution in [-0.2, 0) is 6.42 Å². The van der Waals surface area contributed by atoms with Crippen molar-refractivity contribution in [2.45, 2.75) is 13.3 Å². The van der Waals surface area contributed by atoms with Gasteiger partial charge in [0.15, 0.2) is 5.82 Å². The topological polar surface area (TPSA) is 116 Å². The van der Waals surface area contributed by atoms with E-state index in [0.717, 1.165) is 18.5 Å². The van der Waals surface area contributed by atoms with Crippen molar-refractivity contribution in [3.05, 3.63) is 46.0 Å². The highest BCUT2D eigenvalue weighted by Gasteiger charge is 2.22. The minimum Gasteiger partial charge on any atom is -0.428 e. The standard InChI is InChI=1S/C12H12FN5O3/c1-2-7-11(17-14)15-6-16-12(7)21-10-8(13)4-3-5-9(10)18(19)20/h3-6H,2,14H2,1H3,(H,15,16,17). The smallest absolute Gasteiger partial charge is 0.314 e. The van der Waals surface area contributed by atoms with Crippen LogP contribution in [0.15, 0.2) is 24.5 Å². The van der Waals surface area contributed by atoms with Crippen LogP contribution < -0.4 is 16.0 Å². The van der Waals surface area contributed by atoms with Gasteiger partial charge in [0, 0.05) is 6.07 Å². The predicted molar refractivity (Wildman–Crippen MR) is 72.3 cm³/mol. The van der Waals surface area contributed by atoms with E-state index in [1.165, 1.54) is 6.07 Å². The maximum Gasteiger partial charge on any atom is 0.314 e. The molecule has 9 heteroatoms. The van der Waals surface area contributed by atoms with Crippen molar-refractivity contribution >= 4 is 11.5 Å². The van der Waals surface area contributed by atoms with Crippen LogP contribution in [0.5, 0.6) is 11.6 Å². The molecule has 2 aromatic rings. The van der Waals surface area contributed by atoms with E-state index in [4.69, 9.17) is 10.6 Å². The number of nitrogens with one attached hydrogen (secondary N) is 1. The zero-order chi connectivity index (χ0) is 15.4. The van der Waals surface area contributed by atoms with Crippen molar-refractivity contribution in [1.29, 1.82) is 0 Å². The second-order valence-electron chi connectivity index (χ2n) is 3.95. The average Bonchev–Trinajstić information content (AvgIpc) is 2.48. The van der Waals surface area contributed by atoms with Crippen molar-refractivity contribution in [2.24, 2.45) is 5.84 Å². The Morgan fingerprint density at radius 3 is 2.86 bits per heavy atom. The number of para-hydroxylation sites is 1. The van der Waals surface area contributed by atoms with Crippen molar-refractivity contribution < 1.29 is 14.1 Å². The highest BCUT2D eigenvalue weighted by molar-refractivity contribution is 5.52. The molecule has 0 aliphatic rings. The second kappa shape index (κ2) is 6.09. The van der Waals surface area contributed by atoms with Gasteiger partial charge >= 0.3 is 5.69 Å². The number of benzene rings is 1.